The van der Waals surface area contributed by atoms with E-state index in [2.05, 4.69) is 11.3 Å². The van der Waals surface area contributed by atoms with E-state index in [1.165, 1.54) is 0 Å². The SMILES string of the molecule is CN1N=[C]CC1Cl. The molecule has 39 valence electrons. The van der Waals surface area contributed by atoms with Gasteiger partial charge in [0.15, 0.2) is 0 Å². The van der Waals surface area contributed by atoms with Crippen LogP contribution in [0.25, 0.3) is 0 Å². The van der Waals surface area contributed by atoms with Crippen molar-refractivity contribution in [2.45, 2.75) is 11.9 Å². The summed E-state index contributed by atoms with van der Waals surface area (Å²) in [4.78, 5) is 0. The van der Waals surface area contributed by atoms with Crippen LogP contribution in [0, 0.1) is 0 Å². The van der Waals surface area contributed by atoms with E-state index in [9.17, 15) is 0 Å². The topological polar surface area (TPSA) is 15.6 Å². The molecule has 1 unspecified atom stereocenters. The van der Waals surface area contributed by atoms with Gasteiger partial charge in [0, 0.05) is 13.5 Å². The Morgan fingerprint density at radius 2 is 2.71 bits per heavy atom. The van der Waals surface area contributed by atoms with Crippen LogP contribution in [0.4, 0.5) is 0 Å². The van der Waals surface area contributed by atoms with E-state index in [0.29, 0.717) is 0 Å². The lowest BCUT2D eigenvalue weighted by Crippen LogP contribution is -2.14. The third-order valence-corrected chi connectivity index (χ3v) is 1.33. The van der Waals surface area contributed by atoms with E-state index in [1.807, 2.05) is 7.05 Å². The van der Waals surface area contributed by atoms with Gasteiger partial charge in [-0.1, -0.05) is 11.6 Å². The van der Waals surface area contributed by atoms with E-state index in [-0.39, 0.29) is 5.50 Å². The predicted octanol–water partition coefficient (Wildman–Crippen LogP) is 0.750. The second-order valence-electron chi connectivity index (χ2n) is 1.47. The van der Waals surface area contributed by atoms with Crippen molar-refractivity contribution in [1.29, 1.82) is 0 Å². The summed E-state index contributed by atoms with van der Waals surface area (Å²) in [7, 11) is 1.83. The molecule has 1 aliphatic heterocycles. The molecule has 1 rings (SSSR count). The van der Waals surface area contributed by atoms with Crippen molar-refractivity contribution in [3.63, 3.8) is 0 Å². The Balaban J connectivity index is 2.45. The Morgan fingerprint density at radius 1 is 2.00 bits per heavy atom. The summed E-state index contributed by atoms with van der Waals surface area (Å²) in [5.74, 6) is 0. The lowest BCUT2D eigenvalue weighted by atomic mass is 10.5. The molecule has 2 nitrogen and oxygen atoms in total. The van der Waals surface area contributed by atoms with Gasteiger partial charge >= 0.3 is 0 Å². The number of halogens is 1. The molecule has 0 aromatic heterocycles. The first-order chi connectivity index (χ1) is 3.30. The molecule has 0 fully saturated rings. The van der Waals surface area contributed by atoms with Crippen LogP contribution in [-0.4, -0.2) is 23.8 Å². The Kier molecular flexibility index (Phi) is 1.19. The number of hydrogen-bond acceptors (Lipinski definition) is 2. The molecule has 7 heavy (non-hydrogen) atoms. The van der Waals surface area contributed by atoms with Crippen molar-refractivity contribution < 1.29 is 0 Å². The highest BCUT2D eigenvalue weighted by Crippen LogP contribution is 2.10. The molecule has 0 saturated carbocycles. The Morgan fingerprint density at radius 3 is 2.86 bits per heavy atom. The zero-order valence-corrected chi connectivity index (χ0v) is 4.81. The number of nitrogens with zero attached hydrogens (tertiary/aromatic N) is 2. The summed E-state index contributed by atoms with van der Waals surface area (Å²) in [5.41, 5.74) is 0.0417. The smallest absolute Gasteiger partial charge is 0.126 e. The standard InChI is InChI=1S/C4H6ClN2/c1-7-4(5)2-3-6-7/h4H,2H2,1H3. The Labute approximate surface area is 47.8 Å². The molecular formula is C4H6ClN2. The molecule has 0 amide bonds. The van der Waals surface area contributed by atoms with Crippen molar-refractivity contribution in [2.24, 2.45) is 5.10 Å². The molecular weight excluding hydrogens is 112 g/mol. The second-order valence-corrected chi connectivity index (χ2v) is 1.97. The summed E-state index contributed by atoms with van der Waals surface area (Å²) in [6.45, 7) is 0. The maximum Gasteiger partial charge on any atom is 0.126 e. The van der Waals surface area contributed by atoms with Crippen LogP contribution >= 0.6 is 11.6 Å². The first-order valence-corrected chi connectivity index (χ1v) is 2.55. The van der Waals surface area contributed by atoms with E-state index >= 15 is 0 Å². The zero-order valence-electron chi connectivity index (χ0n) is 4.06. The van der Waals surface area contributed by atoms with Crippen molar-refractivity contribution in [3.05, 3.63) is 0 Å². The van der Waals surface area contributed by atoms with Crippen LogP contribution in [0.15, 0.2) is 5.10 Å². The second kappa shape index (κ2) is 1.70. The van der Waals surface area contributed by atoms with Crippen molar-refractivity contribution in [1.82, 2.24) is 5.01 Å². The minimum Gasteiger partial charge on any atom is -0.281 e. The normalized spacial score (nSPS) is 29.4. The van der Waals surface area contributed by atoms with Crippen molar-refractivity contribution in [3.8, 4) is 0 Å². The molecule has 0 N–H and O–H groups in total. The molecule has 1 aliphatic rings. The first-order valence-electron chi connectivity index (χ1n) is 2.11. The fourth-order valence-electron chi connectivity index (χ4n) is 0.422. The quantitative estimate of drug-likeness (QED) is 0.338. The molecule has 3 heteroatoms. The summed E-state index contributed by atoms with van der Waals surface area (Å²) in [6, 6.07) is 0. The summed E-state index contributed by atoms with van der Waals surface area (Å²) in [5, 5.41) is 5.45. The zero-order chi connectivity index (χ0) is 5.28. The molecule has 1 radical (unpaired) electrons. The summed E-state index contributed by atoms with van der Waals surface area (Å²) >= 11 is 5.63. The molecule has 0 bridgehead atoms. The van der Waals surface area contributed by atoms with Gasteiger partial charge in [0.1, 0.15) is 5.50 Å². The number of alkyl halides is 1. The van der Waals surface area contributed by atoms with E-state index in [0.717, 1.165) is 6.42 Å². The average molecular weight is 118 g/mol. The van der Waals surface area contributed by atoms with Crippen LogP contribution < -0.4 is 0 Å². The van der Waals surface area contributed by atoms with Gasteiger partial charge in [-0.05, 0) is 0 Å². The van der Waals surface area contributed by atoms with Crippen molar-refractivity contribution in [2.75, 3.05) is 7.05 Å². The molecule has 1 heterocycles. The Hall–Kier alpha value is -0.240. The number of rotatable bonds is 0. The lowest BCUT2D eigenvalue weighted by Gasteiger charge is -2.09. The van der Waals surface area contributed by atoms with Gasteiger partial charge in [-0.15, -0.1) is 0 Å². The number of hydrazone groups is 1. The van der Waals surface area contributed by atoms with Crippen LogP contribution in [0.2, 0.25) is 0 Å². The van der Waals surface area contributed by atoms with Gasteiger partial charge < -0.3 is 0 Å². The molecule has 0 aliphatic carbocycles. The Bertz CT molecular complexity index is 91.7. The largest absolute Gasteiger partial charge is 0.281 e. The van der Waals surface area contributed by atoms with E-state index in [1.54, 1.807) is 5.01 Å². The van der Waals surface area contributed by atoms with E-state index in [4.69, 9.17) is 11.6 Å². The molecule has 0 aromatic carbocycles. The third-order valence-electron chi connectivity index (χ3n) is 0.894. The summed E-state index contributed by atoms with van der Waals surface area (Å²) < 4.78 is 0. The molecule has 0 saturated heterocycles. The van der Waals surface area contributed by atoms with Gasteiger partial charge in [0.25, 0.3) is 0 Å². The fraction of sp³-hybridized carbons (Fsp3) is 0.750. The number of hydrogen-bond donors (Lipinski definition) is 0. The minimum absolute atomic E-state index is 0.0417. The highest BCUT2D eigenvalue weighted by atomic mass is 35.5. The van der Waals surface area contributed by atoms with Crippen LogP contribution in [0.1, 0.15) is 6.42 Å². The van der Waals surface area contributed by atoms with Crippen LogP contribution in [0.5, 0.6) is 0 Å². The van der Waals surface area contributed by atoms with Crippen LogP contribution in [-0.2, 0) is 0 Å². The van der Waals surface area contributed by atoms with Gasteiger partial charge in [0.05, 0.1) is 6.21 Å². The van der Waals surface area contributed by atoms with Gasteiger partial charge in [0.2, 0.25) is 0 Å². The molecule has 0 spiro atoms. The van der Waals surface area contributed by atoms with Crippen molar-refractivity contribution >= 4 is 17.8 Å². The van der Waals surface area contributed by atoms with Gasteiger partial charge in [-0.2, -0.15) is 5.10 Å². The molecule has 1 atom stereocenters. The minimum atomic E-state index is 0.0417. The predicted molar refractivity (Wildman–Crippen MR) is 29.5 cm³/mol. The van der Waals surface area contributed by atoms with Gasteiger partial charge in [-0.3, -0.25) is 5.01 Å². The highest BCUT2D eigenvalue weighted by Gasteiger charge is 2.12. The fourth-order valence-corrected chi connectivity index (χ4v) is 0.535. The maximum atomic E-state index is 5.63. The first kappa shape index (κ1) is 4.91. The van der Waals surface area contributed by atoms with E-state index < -0.39 is 0 Å². The molecule has 0 aromatic rings. The lowest BCUT2D eigenvalue weighted by molar-refractivity contribution is 0.358. The summed E-state index contributed by atoms with van der Waals surface area (Å²) in [6.07, 6.45) is 3.49. The average Bonchev–Trinajstić information content (AvgIpc) is 1.91. The monoisotopic (exact) mass is 117 g/mol. The van der Waals surface area contributed by atoms with Gasteiger partial charge in [-0.25, -0.2) is 0 Å². The van der Waals surface area contributed by atoms with Crippen LogP contribution in [0.3, 0.4) is 0 Å². The highest BCUT2D eigenvalue weighted by molar-refractivity contribution is 6.21. The third kappa shape index (κ3) is 0.855. The maximum absolute atomic E-state index is 5.63.